The molecule has 3 aromatic rings. The van der Waals surface area contributed by atoms with Crippen molar-refractivity contribution < 1.29 is 27.0 Å². The number of ether oxygens (including phenoxy) is 2. The van der Waals surface area contributed by atoms with E-state index in [-0.39, 0.29) is 22.8 Å². The number of aliphatic imine (C=N–C) groups is 1. The average Bonchev–Trinajstić information content (AvgIpc) is 3.45. The SMILES string of the molecule is C=C(N=C(OC(C)(C)C)N(C)C([C@@H](CC)c1cc(F)c2cnn(CC(F)(F)F)c2c1)n1nccc1NC)OC(C)(C)C. The summed E-state index contributed by atoms with van der Waals surface area (Å²) in [5.74, 6) is -0.398. The van der Waals surface area contributed by atoms with Gasteiger partial charge in [-0.05, 0) is 72.2 Å². The molecule has 0 saturated heterocycles. The van der Waals surface area contributed by atoms with E-state index in [9.17, 15) is 13.2 Å². The van der Waals surface area contributed by atoms with Gasteiger partial charge in [0.25, 0.3) is 6.02 Å². The number of hydrogen-bond acceptors (Lipinski definition) is 6. The fourth-order valence-electron chi connectivity index (χ4n) is 4.65. The third-order valence-corrected chi connectivity index (χ3v) is 6.21. The summed E-state index contributed by atoms with van der Waals surface area (Å²) in [5.41, 5.74) is -0.735. The summed E-state index contributed by atoms with van der Waals surface area (Å²) in [5, 5.41) is 11.5. The van der Waals surface area contributed by atoms with E-state index in [1.807, 2.05) is 48.5 Å². The number of nitrogens with one attached hydrogen (secondary N) is 1. The zero-order chi connectivity index (χ0) is 31.6. The lowest BCUT2D eigenvalue weighted by atomic mass is 9.91. The van der Waals surface area contributed by atoms with Crippen LogP contribution in [0.5, 0.6) is 0 Å². The quantitative estimate of drug-likeness (QED) is 0.124. The summed E-state index contributed by atoms with van der Waals surface area (Å²) >= 11 is 0. The first-order valence-corrected chi connectivity index (χ1v) is 13.6. The second kappa shape index (κ2) is 12.2. The van der Waals surface area contributed by atoms with Crippen molar-refractivity contribution >= 4 is 22.7 Å². The molecular weight excluding hydrogens is 554 g/mol. The van der Waals surface area contributed by atoms with E-state index in [4.69, 9.17) is 9.47 Å². The van der Waals surface area contributed by atoms with Crippen LogP contribution in [0.4, 0.5) is 23.4 Å². The second-order valence-corrected chi connectivity index (χ2v) is 12.0. The molecule has 42 heavy (non-hydrogen) atoms. The Balaban J connectivity index is 2.22. The lowest BCUT2D eigenvalue weighted by Crippen LogP contribution is -2.43. The first kappa shape index (κ1) is 32.7. The Morgan fingerprint density at radius 2 is 1.74 bits per heavy atom. The van der Waals surface area contributed by atoms with Gasteiger partial charge in [0.05, 0.1) is 23.3 Å². The van der Waals surface area contributed by atoms with Crippen LogP contribution in [0.25, 0.3) is 10.9 Å². The Kier molecular flexibility index (Phi) is 9.53. The Morgan fingerprint density at radius 3 is 2.29 bits per heavy atom. The van der Waals surface area contributed by atoms with Crippen molar-refractivity contribution in [2.45, 2.75) is 90.9 Å². The third-order valence-electron chi connectivity index (χ3n) is 6.21. The minimum atomic E-state index is -4.53. The van der Waals surface area contributed by atoms with E-state index in [0.717, 1.165) is 10.9 Å². The Morgan fingerprint density at radius 1 is 1.10 bits per heavy atom. The lowest BCUT2D eigenvalue weighted by molar-refractivity contribution is -0.141. The van der Waals surface area contributed by atoms with Crippen LogP contribution >= 0.6 is 0 Å². The maximum atomic E-state index is 15.4. The van der Waals surface area contributed by atoms with Crippen molar-refractivity contribution in [3.8, 4) is 0 Å². The van der Waals surface area contributed by atoms with Gasteiger partial charge < -0.3 is 19.7 Å². The second-order valence-electron chi connectivity index (χ2n) is 12.0. The van der Waals surface area contributed by atoms with Crippen LogP contribution in [0.2, 0.25) is 0 Å². The largest absolute Gasteiger partial charge is 0.472 e. The molecular formula is C29H41F4N7O2. The normalized spacial score (nSPS) is 14.5. The molecule has 1 N–H and O–H groups in total. The topological polar surface area (TPSA) is 81.7 Å². The summed E-state index contributed by atoms with van der Waals surface area (Å²) in [4.78, 5) is 6.34. The summed E-state index contributed by atoms with van der Waals surface area (Å²) in [6, 6.07) is 4.83. The van der Waals surface area contributed by atoms with Gasteiger partial charge >= 0.3 is 6.18 Å². The molecule has 1 aromatic carbocycles. The van der Waals surface area contributed by atoms with Crippen molar-refractivity contribution in [1.82, 2.24) is 24.5 Å². The zero-order valence-electron chi connectivity index (χ0n) is 25.7. The third kappa shape index (κ3) is 8.16. The minimum absolute atomic E-state index is 0.00621. The molecule has 3 rings (SSSR count). The van der Waals surface area contributed by atoms with Gasteiger partial charge in [-0.3, -0.25) is 4.68 Å². The van der Waals surface area contributed by atoms with Crippen LogP contribution in [0.15, 0.2) is 48.0 Å². The number of halogens is 4. The summed E-state index contributed by atoms with van der Waals surface area (Å²) < 4.78 is 69.9. The fourth-order valence-corrected chi connectivity index (χ4v) is 4.65. The van der Waals surface area contributed by atoms with Crippen molar-refractivity contribution in [2.75, 3.05) is 19.4 Å². The zero-order valence-corrected chi connectivity index (χ0v) is 25.7. The van der Waals surface area contributed by atoms with Gasteiger partial charge in [-0.25, -0.2) is 9.07 Å². The van der Waals surface area contributed by atoms with E-state index in [2.05, 4.69) is 27.1 Å². The Hall–Kier alpha value is -3.77. The van der Waals surface area contributed by atoms with Gasteiger partial charge in [0.2, 0.25) is 5.88 Å². The summed E-state index contributed by atoms with van der Waals surface area (Å²) in [6.07, 6.45) is -2.02. The predicted octanol–water partition coefficient (Wildman–Crippen LogP) is 7.06. The Labute approximate surface area is 244 Å². The lowest BCUT2D eigenvalue weighted by Gasteiger charge is -2.38. The predicted molar refractivity (Wildman–Crippen MR) is 156 cm³/mol. The molecule has 0 amide bonds. The van der Waals surface area contributed by atoms with E-state index < -0.39 is 41.8 Å². The molecule has 2 atom stereocenters. The molecule has 2 heterocycles. The van der Waals surface area contributed by atoms with Crippen molar-refractivity contribution in [3.63, 3.8) is 0 Å². The number of amidine groups is 1. The maximum Gasteiger partial charge on any atom is 0.408 e. The molecule has 0 fully saturated rings. The molecule has 0 aliphatic carbocycles. The molecule has 232 valence electrons. The van der Waals surface area contributed by atoms with Crippen LogP contribution < -0.4 is 5.32 Å². The van der Waals surface area contributed by atoms with Crippen LogP contribution in [0, 0.1) is 5.82 Å². The standard InChI is InChI=1S/C29H41F4N7O2/c1-11-20(19-14-22(30)21-16-36-39(23(21)15-19)17-29(31,32)33)25(40-24(34-9)12-13-35-40)38(10)26(42-28(6,7)8)37-18(2)41-27(3,4)5/h12-16,20,25,34H,2,11,17H2,1,3-10H3/t20-,25?/m0/s1. The smallest absolute Gasteiger partial charge is 0.408 e. The number of nitrogens with zero attached hydrogens (tertiary/aromatic N) is 6. The van der Waals surface area contributed by atoms with Crippen LogP contribution in [0.1, 0.15) is 72.5 Å². The van der Waals surface area contributed by atoms with Gasteiger partial charge in [-0.15, -0.1) is 0 Å². The van der Waals surface area contributed by atoms with Gasteiger partial charge in [0.15, 0.2) is 0 Å². The number of benzene rings is 1. The van der Waals surface area contributed by atoms with Crippen LogP contribution in [0.3, 0.4) is 0 Å². The van der Waals surface area contributed by atoms with Gasteiger partial charge in [0, 0.05) is 26.1 Å². The number of rotatable bonds is 9. The highest BCUT2D eigenvalue weighted by Gasteiger charge is 2.35. The Bertz CT molecular complexity index is 1410. The van der Waals surface area contributed by atoms with Crippen LogP contribution in [-0.2, 0) is 16.0 Å². The van der Waals surface area contributed by atoms with Gasteiger partial charge in [0.1, 0.15) is 35.5 Å². The highest BCUT2D eigenvalue weighted by molar-refractivity contribution is 5.80. The highest BCUT2D eigenvalue weighted by atomic mass is 19.4. The minimum Gasteiger partial charge on any atom is -0.472 e. The molecule has 2 aromatic heterocycles. The number of anilines is 1. The average molecular weight is 596 g/mol. The first-order chi connectivity index (χ1) is 19.3. The molecule has 1 unspecified atom stereocenters. The molecule has 0 saturated carbocycles. The molecule has 0 radical (unpaired) electrons. The van der Waals surface area contributed by atoms with Crippen molar-refractivity contribution in [1.29, 1.82) is 0 Å². The number of fused-ring (bicyclic) bond motifs is 1. The maximum absolute atomic E-state index is 15.4. The summed E-state index contributed by atoms with van der Waals surface area (Å²) in [7, 11) is 3.50. The number of likely N-dealkylation sites (N-methyl/N-ethyl adjacent to an activating group) is 1. The van der Waals surface area contributed by atoms with E-state index >= 15 is 4.39 Å². The summed E-state index contributed by atoms with van der Waals surface area (Å²) in [6.45, 7) is 15.7. The highest BCUT2D eigenvalue weighted by Crippen LogP contribution is 2.38. The van der Waals surface area contributed by atoms with Gasteiger partial charge in [-0.1, -0.05) is 6.92 Å². The van der Waals surface area contributed by atoms with Gasteiger partial charge in [-0.2, -0.15) is 28.4 Å². The van der Waals surface area contributed by atoms with Crippen molar-refractivity contribution in [3.05, 3.63) is 54.4 Å². The molecule has 13 heteroatoms. The molecule has 0 aliphatic heterocycles. The number of alkyl halides is 3. The first-order valence-electron chi connectivity index (χ1n) is 13.6. The molecule has 0 aliphatic rings. The molecule has 0 bridgehead atoms. The van der Waals surface area contributed by atoms with E-state index in [1.165, 1.54) is 6.07 Å². The molecule has 9 nitrogen and oxygen atoms in total. The van der Waals surface area contributed by atoms with Crippen LogP contribution in [-0.4, -0.2) is 62.0 Å². The fraction of sp³-hybridized carbons (Fsp3) is 0.552. The van der Waals surface area contributed by atoms with E-state index in [1.54, 1.807) is 42.0 Å². The van der Waals surface area contributed by atoms with E-state index in [0.29, 0.717) is 17.8 Å². The monoisotopic (exact) mass is 595 g/mol. The molecule has 0 spiro atoms. The van der Waals surface area contributed by atoms with Crippen molar-refractivity contribution in [2.24, 2.45) is 4.99 Å². The number of aromatic nitrogens is 4. The number of hydrogen-bond donors (Lipinski definition) is 1.